The van der Waals surface area contributed by atoms with E-state index in [0.717, 1.165) is 34.1 Å². The molecule has 2 aliphatic carbocycles. The fourth-order valence-corrected chi connectivity index (χ4v) is 13.0. The van der Waals surface area contributed by atoms with Gasteiger partial charge in [0.2, 0.25) is 0 Å². The van der Waals surface area contributed by atoms with Crippen LogP contribution in [0.2, 0.25) is 0 Å². The molecule has 0 atom stereocenters. The highest BCUT2D eigenvalue weighted by Crippen LogP contribution is 2.56. The molecule has 0 N–H and O–H groups in total. The summed E-state index contributed by atoms with van der Waals surface area (Å²) in [4.78, 5) is 4.86. The number of para-hydroxylation sites is 2. The van der Waals surface area contributed by atoms with Crippen molar-refractivity contribution in [2.45, 2.75) is 33.1 Å². The Morgan fingerprint density at radius 3 is 1.05 bits per heavy atom. The summed E-state index contributed by atoms with van der Waals surface area (Å²) < 4.78 is 0. The van der Waals surface area contributed by atoms with E-state index >= 15 is 0 Å². The molecule has 2 aliphatic rings. The van der Waals surface area contributed by atoms with Crippen molar-refractivity contribution in [1.29, 1.82) is 0 Å². The molecule has 0 radical (unpaired) electrons. The fourth-order valence-electron chi connectivity index (χ4n) is 13.0. The second kappa shape index (κ2) is 17.3. The first kappa shape index (κ1) is 44.9. The average Bonchev–Trinajstić information content (AvgIpc) is 4.20. The third-order valence-corrected chi connectivity index (χ3v) is 16.5. The molecule has 0 saturated carbocycles. The summed E-state index contributed by atoms with van der Waals surface area (Å²) in [6.07, 6.45) is 0. The van der Waals surface area contributed by atoms with Gasteiger partial charge in [0.25, 0.3) is 0 Å². The summed E-state index contributed by atoms with van der Waals surface area (Å²) in [5.74, 6) is 0. The number of hydrogen-bond donors (Lipinski definition) is 0. The van der Waals surface area contributed by atoms with E-state index in [1.807, 2.05) is 0 Å². The van der Waals surface area contributed by atoms with Gasteiger partial charge in [-0.3, -0.25) is 0 Å². The minimum Gasteiger partial charge on any atom is -0.310 e. The quantitative estimate of drug-likeness (QED) is 0.140. The molecule has 13 aromatic carbocycles. The third kappa shape index (κ3) is 7.02. The van der Waals surface area contributed by atoms with E-state index in [-0.39, 0.29) is 5.41 Å². The smallest absolute Gasteiger partial charge is 0.0468 e. The summed E-state index contributed by atoms with van der Waals surface area (Å²) >= 11 is 0. The zero-order chi connectivity index (χ0) is 51.5. The third-order valence-electron chi connectivity index (χ3n) is 16.5. The summed E-state index contributed by atoms with van der Waals surface area (Å²) in [6, 6.07) is 95.6. The van der Waals surface area contributed by atoms with Crippen LogP contribution in [0.4, 0.5) is 34.1 Å². The summed E-state index contributed by atoms with van der Waals surface area (Å²) in [6.45, 7) is 9.06. The van der Waals surface area contributed by atoms with Gasteiger partial charge in [-0.25, -0.2) is 0 Å². The van der Waals surface area contributed by atoms with Crippen LogP contribution in [0, 0.1) is 6.92 Å². The molecular weight excluding hydrogens is 929 g/mol. The van der Waals surface area contributed by atoms with E-state index in [9.17, 15) is 0 Å². The number of hydrogen-bond acceptors (Lipinski definition) is 2. The van der Waals surface area contributed by atoms with E-state index < -0.39 is 0 Å². The first-order valence-corrected chi connectivity index (χ1v) is 27.0. The Labute approximate surface area is 450 Å². The van der Waals surface area contributed by atoms with Crippen LogP contribution in [0.15, 0.2) is 255 Å². The monoisotopic (exact) mass is 982 g/mol. The Kier molecular flexibility index (Phi) is 10.1. The highest BCUT2D eigenvalue weighted by Gasteiger charge is 2.29. The number of nitrogens with zero attached hydrogens (tertiary/aromatic N) is 2. The van der Waals surface area contributed by atoms with Crippen molar-refractivity contribution in [2.24, 2.45) is 0 Å². The predicted molar refractivity (Wildman–Crippen MR) is 329 cm³/mol. The molecule has 15 rings (SSSR count). The highest BCUT2D eigenvalue weighted by molar-refractivity contribution is 6.30. The fraction of sp³-hybridized carbons (Fsp3) is 0.0667. The number of aryl methyl sites for hydroxylation is 1. The second-order valence-corrected chi connectivity index (χ2v) is 22.1. The Balaban J connectivity index is 1.09. The van der Waals surface area contributed by atoms with Crippen molar-refractivity contribution in [1.82, 2.24) is 0 Å². The number of fused-ring (bicyclic) bond motifs is 8. The minimum absolute atomic E-state index is 0.0214. The predicted octanol–water partition coefficient (Wildman–Crippen LogP) is 21.5. The Bertz CT molecular complexity index is 4440. The van der Waals surface area contributed by atoms with Gasteiger partial charge in [-0.05, 0) is 206 Å². The molecule has 364 valence electrons. The van der Waals surface area contributed by atoms with Gasteiger partial charge in [0.1, 0.15) is 0 Å². The largest absolute Gasteiger partial charge is 0.310 e. The van der Waals surface area contributed by atoms with Crippen LogP contribution in [0.5, 0.6) is 0 Å². The van der Waals surface area contributed by atoms with Crippen molar-refractivity contribution in [3.63, 3.8) is 0 Å². The first-order valence-electron chi connectivity index (χ1n) is 27.0. The molecule has 2 heteroatoms. The van der Waals surface area contributed by atoms with Gasteiger partial charge in [-0.1, -0.05) is 203 Å². The maximum atomic E-state index is 2.50. The lowest BCUT2D eigenvalue weighted by Gasteiger charge is -2.29. The molecule has 0 spiro atoms. The molecule has 0 saturated heterocycles. The van der Waals surface area contributed by atoms with Gasteiger partial charge in [-0.2, -0.15) is 0 Å². The lowest BCUT2D eigenvalue weighted by Crippen LogP contribution is -2.13. The molecule has 0 amide bonds. The Hall–Kier alpha value is -9.50. The molecule has 0 bridgehead atoms. The van der Waals surface area contributed by atoms with Crippen LogP contribution in [0.1, 0.15) is 31.9 Å². The van der Waals surface area contributed by atoms with Gasteiger partial charge in [0, 0.05) is 34.1 Å². The minimum atomic E-state index is 0.0214. The molecular formula is C75H54N2. The van der Waals surface area contributed by atoms with Crippen LogP contribution in [0.3, 0.4) is 0 Å². The number of rotatable bonds is 8. The maximum absolute atomic E-state index is 2.50. The van der Waals surface area contributed by atoms with Crippen LogP contribution >= 0.6 is 0 Å². The molecule has 0 unspecified atom stereocenters. The number of benzene rings is 13. The van der Waals surface area contributed by atoms with Crippen LogP contribution in [-0.2, 0) is 5.41 Å². The van der Waals surface area contributed by atoms with Crippen molar-refractivity contribution < 1.29 is 0 Å². The maximum Gasteiger partial charge on any atom is 0.0468 e. The van der Waals surface area contributed by atoms with Crippen LogP contribution in [-0.4, -0.2) is 0 Å². The molecule has 77 heavy (non-hydrogen) atoms. The van der Waals surface area contributed by atoms with Crippen LogP contribution < -0.4 is 9.80 Å². The molecule has 0 aliphatic heterocycles. The van der Waals surface area contributed by atoms with E-state index in [1.165, 1.54) is 121 Å². The Morgan fingerprint density at radius 1 is 0.247 bits per heavy atom. The van der Waals surface area contributed by atoms with Gasteiger partial charge in [0.15, 0.2) is 0 Å². The second-order valence-electron chi connectivity index (χ2n) is 22.1. The lowest BCUT2D eigenvalue weighted by atomic mass is 9.82. The molecule has 0 fully saturated rings. The normalized spacial score (nSPS) is 12.2. The van der Waals surface area contributed by atoms with Gasteiger partial charge < -0.3 is 9.80 Å². The van der Waals surface area contributed by atoms with Gasteiger partial charge >= 0.3 is 0 Å². The van der Waals surface area contributed by atoms with Crippen molar-refractivity contribution >= 4 is 77.2 Å². The van der Waals surface area contributed by atoms with Crippen molar-refractivity contribution in [3.8, 4) is 66.8 Å². The number of anilines is 6. The average molecular weight is 983 g/mol. The topological polar surface area (TPSA) is 6.48 Å². The highest BCUT2D eigenvalue weighted by atomic mass is 15.1. The zero-order valence-corrected chi connectivity index (χ0v) is 43.6. The van der Waals surface area contributed by atoms with Gasteiger partial charge in [-0.15, -0.1) is 0 Å². The van der Waals surface area contributed by atoms with E-state index in [4.69, 9.17) is 0 Å². The summed E-state index contributed by atoms with van der Waals surface area (Å²) in [7, 11) is 0. The standard InChI is InChI=1S/C75H54N2/c1-47-18-15-23-52(44-47)77(51-34-32-48(33-35-51)75(2,3)4)54-37-39-68-70(46-54)74(66-43-41-64-58-27-14-12-25-56(58)60-29-17-31-62(66)72(60)64)67-38-36-53(76(49-19-7-5-8-20-49)50-21-9-6-10-22-50)45-69(67)73(68)65-42-40-63-57-26-13-11-24-55(57)59-28-16-30-61(65)71(59)63/h5-46H,1-4H3. The molecule has 0 aromatic heterocycles. The Morgan fingerprint density at radius 2 is 0.597 bits per heavy atom. The zero-order valence-electron chi connectivity index (χ0n) is 43.6. The summed E-state index contributed by atoms with van der Waals surface area (Å²) in [5.41, 5.74) is 24.4. The lowest BCUT2D eigenvalue weighted by molar-refractivity contribution is 0.590. The molecule has 13 aromatic rings. The van der Waals surface area contributed by atoms with E-state index in [2.05, 4.69) is 292 Å². The van der Waals surface area contributed by atoms with E-state index in [1.54, 1.807) is 0 Å². The SMILES string of the molecule is Cc1cccc(N(c2ccc(C(C)(C)C)cc2)c2ccc3c(-c4ccc5c6c(cccc46)-c4ccccc4-5)c4cc(N(c5ccccc5)c5ccccc5)ccc4c(-c4ccc5c6c(cccc46)-c4ccccc4-5)c3c2)c1. The summed E-state index contributed by atoms with van der Waals surface area (Å²) in [5, 5.41) is 9.95. The van der Waals surface area contributed by atoms with Crippen molar-refractivity contribution in [3.05, 3.63) is 266 Å². The van der Waals surface area contributed by atoms with Crippen molar-refractivity contribution in [2.75, 3.05) is 9.80 Å². The van der Waals surface area contributed by atoms with Crippen LogP contribution in [0.25, 0.3) is 110 Å². The van der Waals surface area contributed by atoms with Gasteiger partial charge in [0.05, 0.1) is 0 Å². The molecule has 2 nitrogen and oxygen atoms in total. The van der Waals surface area contributed by atoms with E-state index in [0.29, 0.717) is 0 Å². The molecule has 0 heterocycles. The first-order chi connectivity index (χ1) is 37.8.